The van der Waals surface area contributed by atoms with Crippen LogP contribution < -0.4 is 21.5 Å². The van der Waals surface area contributed by atoms with E-state index in [9.17, 15) is 18.0 Å². The van der Waals surface area contributed by atoms with E-state index in [0.717, 1.165) is 33.7 Å². The average molecular weight is 521 g/mol. The largest absolute Gasteiger partial charge is 0.366 e. The zero-order chi connectivity index (χ0) is 26.6. The third-order valence-corrected chi connectivity index (χ3v) is 7.26. The summed E-state index contributed by atoms with van der Waals surface area (Å²) < 4.78 is 28.8. The number of nitrogens with zero attached hydrogens (tertiary/aromatic N) is 2. The van der Waals surface area contributed by atoms with Gasteiger partial charge in [-0.3, -0.25) is 9.36 Å². The number of imidazole rings is 1. The Labute approximate surface area is 214 Å². The molecule has 0 aliphatic rings. The van der Waals surface area contributed by atoms with E-state index in [1.807, 2.05) is 40.5 Å². The predicted molar refractivity (Wildman–Crippen MR) is 141 cm³/mol. The van der Waals surface area contributed by atoms with Crippen molar-refractivity contribution in [3.8, 4) is 5.69 Å². The molecule has 37 heavy (non-hydrogen) atoms. The molecule has 1 aromatic heterocycles. The van der Waals surface area contributed by atoms with Crippen molar-refractivity contribution in [2.75, 3.05) is 6.54 Å². The number of sulfonamides is 1. The van der Waals surface area contributed by atoms with Gasteiger partial charge in [0.05, 0.1) is 15.9 Å². The molecule has 6 N–H and O–H groups in total. The molecular weight excluding hydrogens is 492 g/mol. The first-order valence-corrected chi connectivity index (χ1v) is 13.2. The van der Waals surface area contributed by atoms with Crippen LogP contribution in [0.25, 0.3) is 16.7 Å². The molecule has 0 spiro atoms. The molecule has 0 saturated carbocycles. The van der Waals surface area contributed by atoms with Crippen LogP contribution in [0, 0.1) is 0 Å². The zero-order valence-electron chi connectivity index (χ0n) is 20.3. The first-order valence-electron chi connectivity index (χ1n) is 11.7. The molecule has 10 nitrogen and oxygen atoms in total. The maximum absolute atomic E-state index is 12.4. The van der Waals surface area contributed by atoms with Gasteiger partial charge in [0, 0.05) is 30.8 Å². The first-order chi connectivity index (χ1) is 17.7. The van der Waals surface area contributed by atoms with Gasteiger partial charge in [0.2, 0.25) is 5.91 Å². The molecule has 4 rings (SSSR count). The maximum atomic E-state index is 12.4. The van der Waals surface area contributed by atoms with Crippen molar-refractivity contribution in [3.05, 3.63) is 89.2 Å². The van der Waals surface area contributed by atoms with Gasteiger partial charge in [0.1, 0.15) is 5.82 Å². The predicted octanol–water partition coefficient (Wildman–Crippen LogP) is 2.38. The Morgan fingerprint density at radius 3 is 2.27 bits per heavy atom. The van der Waals surface area contributed by atoms with Crippen molar-refractivity contribution in [2.45, 2.75) is 31.2 Å². The molecule has 0 aliphatic heterocycles. The number of carbonyl (C=O) groups excluding carboxylic acids is 2. The van der Waals surface area contributed by atoms with Gasteiger partial charge in [0.15, 0.2) is 0 Å². The Bertz CT molecular complexity index is 1540. The molecule has 11 heteroatoms. The van der Waals surface area contributed by atoms with E-state index >= 15 is 0 Å². The minimum absolute atomic E-state index is 0.0168. The minimum Gasteiger partial charge on any atom is -0.366 e. The van der Waals surface area contributed by atoms with E-state index in [2.05, 4.69) is 10.3 Å². The molecule has 0 unspecified atom stereocenters. The van der Waals surface area contributed by atoms with Gasteiger partial charge >= 0.3 is 6.03 Å². The number of nitrogens with one attached hydrogen (secondary N) is 2. The number of urea groups is 1. The Morgan fingerprint density at radius 1 is 0.973 bits per heavy atom. The van der Waals surface area contributed by atoms with E-state index in [0.29, 0.717) is 24.9 Å². The van der Waals surface area contributed by atoms with Gasteiger partial charge in [-0.05, 0) is 60.0 Å². The van der Waals surface area contributed by atoms with Crippen LogP contribution in [0.1, 0.15) is 34.2 Å². The number of aryl methyl sites for hydroxylation is 1. The summed E-state index contributed by atoms with van der Waals surface area (Å²) in [6, 6.07) is 18.1. The molecule has 0 saturated heterocycles. The van der Waals surface area contributed by atoms with E-state index in [4.69, 9.17) is 11.5 Å². The quantitative estimate of drug-likeness (QED) is 0.265. The number of primary amides is 1. The highest BCUT2D eigenvalue weighted by Crippen LogP contribution is 2.23. The van der Waals surface area contributed by atoms with Crippen molar-refractivity contribution >= 4 is 33.0 Å². The summed E-state index contributed by atoms with van der Waals surface area (Å²) in [5.41, 5.74) is 15.6. The fraction of sp³-hybridized carbons (Fsp3) is 0.192. The van der Waals surface area contributed by atoms with Crippen molar-refractivity contribution in [2.24, 2.45) is 11.5 Å². The molecule has 3 aromatic carbocycles. The first kappa shape index (κ1) is 25.9. The highest BCUT2D eigenvalue weighted by atomic mass is 32.2. The van der Waals surface area contributed by atoms with Crippen molar-refractivity contribution in [1.82, 2.24) is 19.6 Å². The number of aromatic nitrogens is 2. The summed E-state index contributed by atoms with van der Waals surface area (Å²) in [6.45, 7) is 2.54. The van der Waals surface area contributed by atoms with Crippen LogP contribution in [0.4, 0.5) is 4.79 Å². The van der Waals surface area contributed by atoms with E-state index < -0.39 is 22.0 Å². The third kappa shape index (κ3) is 5.79. The molecule has 3 amide bonds. The lowest BCUT2D eigenvalue weighted by molar-refractivity contribution is 0.100. The second-order valence-electron chi connectivity index (χ2n) is 8.41. The summed E-state index contributed by atoms with van der Waals surface area (Å²) in [5.74, 6) is 0.346. The summed E-state index contributed by atoms with van der Waals surface area (Å²) in [5, 5.41) is 2.57. The Balaban J connectivity index is 1.40. The standard InChI is InChI=1S/C26H28N6O4S/c1-2-24-30-22-12-7-19(25(28)33)15-23(22)32(24)20-8-3-17(4-9-20)13-14-29-26(34)31-37(35,36)21-10-5-18(16-27)6-11-21/h3-12,15H,2,13-14,16,27H2,1H3,(H2,28,33)(H2,29,31,34). The minimum atomic E-state index is -3.98. The number of carbonyl (C=O) groups is 2. The summed E-state index contributed by atoms with van der Waals surface area (Å²) >= 11 is 0. The fourth-order valence-electron chi connectivity index (χ4n) is 3.96. The van der Waals surface area contributed by atoms with Crippen molar-refractivity contribution < 1.29 is 18.0 Å². The maximum Gasteiger partial charge on any atom is 0.328 e. The van der Waals surface area contributed by atoms with Gasteiger partial charge in [0.25, 0.3) is 10.0 Å². The molecular formula is C26H28N6O4S. The zero-order valence-corrected chi connectivity index (χ0v) is 21.1. The second kappa shape index (κ2) is 10.8. The molecule has 0 aliphatic carbocycles. The van der Waals surface area contributed by atoms with E-state index in [1.54, 1.807) is 30.3 Å². The number of amides is 3. The molecule has 1 heterocycles. The Kier molecular flexibility index (Phi) is 7.55. The van der Waals surface area contributed by atoms with Gasteiger partial charge in [-0.1, -0.05) is 31.2 Å². The van der Waals surface area contributed by atoms with Gasteiger partial charge < -0.3 is 16.8 Å². The average Bonchev–Trinajstić information content (AvgIpc) is 3.26. The third-order valence-electron chi connectivity index (χ3n) is 5.91. The van der Waals surface area contributed by atoms with Crippen molar-refractivity contribution in [3.63, 3.8) is 0 Å². The number of nitrogens with two attached hydrogens (primary N) is 2. The van der Waals surface area contributed by atoms with Crippen LogP contribution in [0.3, 0.4) is 0 Å². The second-order valence-corrected chi connectivity index (χ2v) is 10.1. The topological polar surface area (TPSA) is 162 Å². The van der Waals surface area contributed by atoms with E-state index in [-0.39, 0.29) is 11.4 Å². The SMILES string of the molecule is CCc1nc2ccc(C(N)=O)cc2n1-c1ccc(CCNC(=O)NS(=O)(=O)c2ccc(CN)cc2)cc1. The van der Waals surface area contributed by atoms with Crippen LogP contribution in [-0.2, 0) is 29.4 Å². The van der Waals surface area contributed by atoms with Gasteiger partial charge in [-0.15, -0.1) is 0 Å². The molecule has 4 aromatic rings. The number of hydrogen-bond donors (Lipinski definition) is 4. The van der Waals surface area contributed by atoms with Gasteiger partial charge in [-0.25, -0.2) is 22.9 Å². The summed E-state index contributed by atoms with van der Waals surface area (Å²) in [6.07, 6.45) is 1.19. The van der Waals surface area contributed by atoms with Crippen molar-refractivity contribution in [1.29, 1.82) is 0 Å². The summed E-state index contributed by atoms with van der Waals surface area (Å²) in [7, 11) is -3.98. The molecule has 0 fully saturated rings. The molecule has 0 radical (unpaired) electrons. The lowest BCUT2D eigenvalue weighted by atomic mass is 10.1. The summed E-state index contributed by atoms with van der Waals surface area (Å²) in [4.78, 5) is 28.5. The lowest BCUT2D eigenvalue weighted by Crippen LogP contribution is -2.40. The lowest BCUT2D eigenvalue weighted by Gasteiger charge is -2.11. The Morgan fingerprint density at radius 2 is 1.65 bits per heavy atom. The highest BCUT2D eigenvalue weighted by Gasteiger charge is 2.17. The number of hydrogen-bond acceptors (Lipinski definition) is 6. The monoisotopic (exact) mass is 520 g/mol. The van der Waals surface area contributed by atoms with E-state index in [1.165, 1.54) is 12.1 Å². The number of rotatable bonds is 9. The van der Waals surface area contributed by atoms with Crippen LogP contribution in [0.5, 0.6) is 0 Å². The fourth-order valence-corrected chi connectivity index (χ4v) is 4.89. The Hall–Kier alpha value is -4.22. The highest BCUT2D eigenvalue weighted by molar-refractivity contribution is 7.90. The number of benzene rings is 3. The van der Waals surface area contributed by atoms with Crippen LogP contribution >= 0.6 is 0 Å². The van der Waals surface area contributed by atoms with Crippen LogP contribution in [0.2, 0.25) is 0 Å². The molecule has 192 valence electrons. The molecule has 0 bridgehead atoms. The normalized spacial score (nSPS) is 11.4. The molecule has 0 atom stereocenters. The van der Waals surface area contributed by atoms with Gasteiger partial charge in [-0.2, -0.15) is 0 Å². The number of fused-ring (bicyclic) bond motifs is 1. The van der Waals surface area contributed by atoms with Crippen LogP contribution in [-0.4, -0.2) is 36.5 Å². The smallest absolute Gasteiger partial charge is 0.328 e. The van der Waals surface area contributed by atoms with Crippen LogP contribution in [0.15, 0.2) is 71.6 Å².